The van der Waals surface area contributed by atoms with Crippen LogP contribution in [0.1, 0.15) is 18.5 Å². The summed E-state index contributed by atoms with van der Waals surface area (Å²) < 4.78 is 39.1. The minimum atomic E-state index is -3.45. The molecule has 2 unspecified atom stereocenters. The van der Waals surface area contributed by atoms with Gasteiger partial charge in [-0.3, -0.25) is 4.99 Å². The number of hydrogen-bond acceptors (Lipinski definition) is 5. The van der Waals surface area contributed by atoms with Crippen LogP contribution in [0.4, 0.5) is 4.39 Å². The molecule has 0 aliphatic carbocycles. The van der Waals surface area contributed by atoms with E-state index in [1.807, 2.05) is 42.5 Å². The highest BCUT2D eigenvalue weighted by atomic mass is 32.2. The van der Waals surface area contributed by atoms with Crippen molar-refractivity contribution in [3.63, 3.8) is 0 Å². The topological polar surface area (TPSA) is 72.5 Å². The Bertz CT molecular complexity index is 1190. The summed E-state index contributed by atoms with van der Waals surface area (Å²) in [7, 11) is -3.45. The summed E-state index contributed by atoms with van der Waals surface area (Å²) in [6.45, 7) is 1.51. The molecule has 0 saturated carbocycles. The molecule has 7 heteroatoms. The third-order valence-electron chi connectivity index (χ3n) is 4.95. The van der Waals surface area contributed by atoms with E-state index >= 15 is 0 Å². The van der Waals surface area contributed by atoms with E-state index in [0.29, 0.717) is 0 Å². The van der Waals surface area contributed by atoms with E-state index in [9.17, 15) is 12.8 Å². The monoisotopic (exact) mass is 414 g/mol. The highest BCUT2D eigenvalue weighted by Gasteiger charge is 2.34. The molecular weight excluding hydrogens is 395 g/mol. The lowest BCUT2D eigenvalue weighted by atomic mass is 10.1. The van der Waals surface area contributed by atoms with Crippen molar-refractivity contribution in [1.82, 2.24) is 0 Å². The first-order chi connectivity index (χ1) is 13.3. The van der Waals surface area contributed by atoms with Crippen molar-refractivity contribution in [1.29, 1.82) is 0 Å². The molecule has 1 aliphatic rings. The molecule has 0 saturated heterocycles. The van der Waals surface area contributed by atoms with E-state index in [4.69, 9.17) is 5.73 Å². The van der Waals surface area contributed by atoms with Gasteiger partial charge in [-0.15, -0.1) is 0 Å². The Morgan fingerprint density at radius 1 is 1.11 bits per heavy atom. The Morgan fingerprint density at radius 2 is 1.86 bits per heavy atom. The average molecular weight is 415 g/mol. The van der Waals surface area contributed by atoms with E-state index in [0.717, 1.165) is 20.6 Å². The molecule has 3 aromatic rings. The highest BCUT2D eigenvalue weighted by molar-refractivity contribution is 7.99. The third-order valence-corrected chi connectivity index (χ3v) is 8.12. The van der Waals surface area contributed by atoms with Gasteiger partial charge >= 0.3 is 0 Å². The van der Waals surface area contributed by atoms with Gasteiger partial charge in [0.2, 0.25) is 0 Å². The summed E-state index contributed by atoms with van der Waals surface area (Å²) in [5, 5.41) is 1.40. The number of nitrogens with two attached hydrogens (primary N) is 1. The normalized spacial score (nSPS) is 21.4. The maximum Gasteiger partial charge on any atom is 0.162 e. The summed E-state index contributed by atoms with van der Waals surface area (Å²) in [6, 6.07) is 18.0. The van der Waals surface area contributed by atoms with E-state index in [-0.39, 0.29) is 17.2 Å². The number of fused-ring (bicyclic) bond motifs is 1. The minimum absolute atomic E-state index is 0.0303. The number of aliphatic imine (C=N–C) groups is 1. The van der Waals surface area contributed by atoms with Crippen molar-refractivity contribution in [3.05, 3.63) is 72.0 Å². The zero-order valence-corrected chi connectivity index (χ0v) is 16.8. The predicted octanol–water partition coefficient (Wildman–Crippen LogP) is 4.35. The van der Waals surface area contributed by atoms with Crippen molar-refractivity contribution in [2.75, 3.05) is 5.75 Å². The van der Waals surface area contributed by atoms with E-state index < -0.39 is 26.9 Å². The first kappa shape index (κ1) is 19.0. The van der Waals surface area contributed by atoms with Crippen LogP contribution in [0.25, 0.3) is 10.8 Å². The molecule has 1 heterocycles. The molecule has 4 nitrogen and oxygen atoms in total. The molecule has 4 rings (SSSR count). The van der Waals surface area contributed by atoms with Crippen molar-refractivity contribution in [3.8, 4) is 0 Å². The summed E-state index contributed by atoms with van der Waals surface area (Å²) in [6.07, 6.45) is 0. The maximum atomic E-state index is 14.5. The van der Waals surface area contributed by atoms with E-state index in [2.05, 4.69) is 4.99 Å². The number of nitrogens with zero attached hydrogens (tertiary/aromatic N) is 1. The zero-order chi connectivity index (χ0) is 19.9. The van der Waals surface area contributed by atoms with Gasteiger partial charge in [0.1, 0.15) is 16.9 Å². The number of rotatable bonds is 3. The molecule has 0 aromatic heterocycles. The number of amidine groups is 1. The molecular formula is C21H19FN2O2S2. The van der Waals surface area contributed by atoms with Crippen LogP contribution >= 0.6 is 11.8 Å². The molecule has 0 fully saturated rings. The SMILES string of the molecule is CC1C(N)=NC(c2cc(Sc3cccc4ccccc34)ccc2F)CS1(=O)=O. The number of benzene rings is 3. The molecule has 0 amide bonds. The first-order valence-corrected chi connectivity index (χ1v) is 11.4. The second kappa shape index (κ2) is 7.22. The quantitative estimate of drug-likeness (QED) is 0.692. The number of sulfone groups is 1. The average Bonchev–Trinajstić information content (AvgIpc) is 2.67. The summed E-state index contributed by atoms with van der Waals surface area (Å²) >= 11 is 1.51. The van der Waals surface area contributed by atoms with E-state index in [1.165, 1.54) is 24.8 Å². The van der Waals surface area contributed by atoms with Crippen LogP contribution in [-0.2, 0) is 9.84 Å². The number of halogens is 1. The first-order valence-electron chi connectivity index (χ1n) is 8.85. The van der Waals surface area contributed by atoms with Gasteiger partial charge in [-0.2, -0.15) is 0 Å². The van der Waals surface area contributed by atoms with Crippen molar-refractivity contribution in [2.24, 2.45) is 10.7 Å². The third kappa shape index (κ3) is 3.52. The fraction of sp³-hybridized carbons (Fsp3) is 0.190. The predicted molar refractivity (Wildman–Crippen MR) is 112 cm³/mol. The van der Waals surface area contributed by atoms with Crippen molar-refractivity contribution >= 4 is 38.2 Å². The number of hydrogen-bond donors (Lipinski definition) is 1. The van der Waals surface area contributed by atoms with Crippen LogP contribution in [0.3, 0.4) is 0 Å². The van der Waals surface area contributed by atoms with Gasteiger partial charge in [-0.05, 0) is 42.0 Å². The van der Waals surface area contributed by atoms with E-state index in [1.54, 1.807) is 12.1 Å². The molecule has 144 valence electrons. The van der Waals surface area contributed by atoms with Gasteiger partial charge < -0.3 is 5.73 Å². The highest BCUT2D eigenvalue weighted by Crippen LogP contribution is 2.36. The molecule has 1 aliphatic heterocycles. The summed E-state index contributed by atoms with van der Waals surface area (Å²) in [5.74, 6) is -0.690. The lowest BCUT2D eigenvalue weighted by molar-refractivity contribution is 0.566. The zero-order valence-electron chi connectivity index (χ0n) is 15.2. The fourth-order valence-electron chi connectivity index (χ4n) is 3.28. The minimum Gasteiger partial charge on any atom is -0.386 e. The molecule has 3 aromatic carbocycles. The summed E-state index contributed by atoms with van der Waals surface area (Å²) in [5.41, 5.74) is 6.05. The molecule has 0 spiro atoms. The Morgan fingerprint density at radius 3 is 2.64 bits per heavy atom. The van der Waals surface area contributed by atoms with Crippen LogP contribution in [0.5, 0.6) is 0 Å². The maximum absolute atomic E-state index is 14.5. The summed E-state index contributed by atoms with van der Waals surface area (Å²) in [4.78, 5) is 6.12. The molecule has 2 N–H and O–H groups in total. The molecule has 28 heavy (non-hydrogen) atoms. The fourth-order valence-corrected chi connectivity index (χ4v) is 5.71. The Labute approximate surface area is 167 Å². The molecule has 0 bridgehead atoms. The van der Waals surface area contributed by atoms with Gasteiger partial charge in [0.15, 0.2) is 9.84 Å². The Kier molecular flexibility index (Phi) is 4.89. The van der Waals surface area contributed by atoms with Gasteiger partial charge in [-0.25, -0.2) is 12.8 Å². The van der Waals surface area contributed by atoms with Gasteiger partial charge in [0, 0.05) is 15.4 Å². The second-order valence-electron chi connectivity index (χ2n) is 6.80. The lowest BCUT2D eigenvalue weighted by Crippen LogP contribution is -2.40. The lowest BCUT2D eigenvalue weighted by Gasteiger charge is -2.24. The van der Waals surface area contributed by atoms with Gasteiger partial charge in [0.05, 0.1) is 11.8 Å². The smallest absolute Gasteiger partial charge is 0.162 e. The largest absolute Gasteiger partial charge is 0.386 e. The Balaban J connectivity index is 1.72. The van der Waals surface area contributed by atoms with Gasteiger partial charge in [0.25, 0.3) is 0 Å². The standard InChI is InChI=1S/C21H19FN2O2S2/c1-13-21(23)24-19(12-28(13,25)26)17-11-15(9-10-18(17)22)27-20-8-4-6-14-5-2-3-7-16(14)20/h2-11,13,19H,12H2,1H3,(H2,23,24). The van der Waals surface area contributed by atoms with Crippen LogP contribution in [0.2, 0.25) is 0 Å². The molecule has 0 radical (unpaired) electrons. The van der Waals surface area contributed by atoms with Crippen LogP contribution in [-0.4, -0.2) is 25.3 Å². The molecule has 2 atom stereocenters. The van der Waals surface area contributed by atoms with Crippen LogP contribution in [0, 0.1) is 5.82 Å². The van der Waals surface area contributed by atoms with Gasteiger partial charge in [-0.1, -0.05) is 48.2 Å². The van der Waals surface area contributed by atoms with Crippen molar-refractivity contribution in [2.45, 2.75) is 28.0 Å². The van der Waals surface area contributed by atoms with Crippen LogP contribution < -0.4 is 5.73 Å². The Hall–Kier alpha value is -2.38. The van der Waals surface area contributed by atoms with Crippen molar-refractivity contribution < 1.29 is 12.8 Å². The van der Waals surface area contributed by atoms with Crippen LogP contribution in [0.15, 0.2) is 75.4 Å². The second-order valence-corrected chi connectivity index (χ2v) is 10.3.